The average Bonchev–Trinajstić information content (AvgIpc) is 3.25. The second-order valence-electron chi connectivity index (χ2n) is 20.3. The Balaban J connectivity index is 0.00000384. The zero-order valence-electron chi connectivity index (χ0n) is 30.7. The fourth-order valence-corrected chi connectivity index (χ4v) is 15.1. The SMILES string of the molecule is C.CC(C)CC(C)C1CC2C(C)(C)C(C(C)CCC(C)C3CCC(CC4CCCC4)C4CCCCC34)CC23CC13CC(C)C. The van der Waals surface area contributed by atoms with E-state index in [-0.39, 0.29) is 7.43 Å². The maximum Gasteiger partial charge on any atom is -0.0196 e. The van der Waals surface area contributed by atoms with Gasteiger partial charge in [-0.1, -0.05) is 121 Å². The van der Waals surface area contributed by atoms with Crippen LogP contribution in [0, 0.1) is 93.2 Å². The van der Waals surface area contributed by atoms with Gasteiger partial charge in [0.25, 0.3) is 0 Å². The van der Waals surface area contributed by atoms with E-state index < -0.39 is 0 Å². The van der Waals surface area contributed by atoms with Crippen LogP contribution in [0.4, 0.5) is 0 Å². The van der Waals surface area contributed by atoms with Crippen LogP contribution in [0.15, 0.2) is 0 Å². The van der Waals surface area contributed by atoms with E-state index in [1.165, 1.54) is 51.4 Å². The summed E-state index contributed by atoms with van der Waals surface area (Å²) >= 11 is 0. The summed E-state index contributed by atoms with van der Waals surface area (Å²) in [5.41, 5.74) is 1.92. The summed E-state index contributed by atoms with van der Waals surface area (Å²) < 4.78 is 0. The lowest BCUT2D eigenvalue weighted by atomic mass is 9.56. The first-order valence-electron chi connectivity index (χ1n) is 20.4. The first-order chi connectivity index (χ1) is 20.4. The first kappa shape index (κ1) is 35.3. The Kier molecular flexibility index (Phi) is 10.8. The van der Waals surface area contributed by atoms with Crippen LogP contribution in [0.2, 0.25) is 0 Å². The molecule has 0 heterocycles. The van der Waals surface area contributed by atoms with Crippen LogP contribution in [-0.4, -0.2) is 0 Å². The third-order valence-electron chi connectivity index (χ3n) is 16.6. The van der Waals surface area contributed by atoms with Gasteiger partial charge in [0.1, 0.15) is 0 Å². The van der Waals surface area contributed by atoms with E-state index in [1.54, 1.807) is 64.2 Å². The number of fused-ring (bicyclic) bond motifs is 1. The molecule has 6 aliphatic rings. The van der Waals surface area contributed by atoms with Crippen LogP contribution in [0.3, 0.4) is 0 Å². The molecule has 12 atom stereocenters. The second-order valence-corrected chi connectivity index (χ2v) is 20.3. The molecule has 0 amide bonds. The lowest BCUT2D eigenvalue weighted by molar-refractivity contribution is 0.0106. The molecule has 1 spiro atoms. The second kappa shape index (κ2) is 13.5. The Morgan fingerprint density at radius 1 is 0.659 bits per heavy atom. The normalized spacial score (nSPS) is 43.3. The third-order valence-corrected chi connectivity index (χ3v) is 16.6. The molecule has 0 aromatic heterocycles. The van der Waals surface area contributed by atoms with E-state index >= 15 is 0 Å². The molecule has 0 nitrogen and oxygen atoms in total. The number of hydrogen-bond donors (Lipinski definition) is 0. The smallest absolute Gasteiger partial charge is 0.0196 e. The predicted molar refractivity (Wildman–Crippen MR) is 194 cm³/mol. The molecule has 12 unspecified atom stereocenters. The Morgan fingerprint density at radius 2 is 1.30 bits per heavy atom. The summed E-state index contributed by atoms with van der Waals surface area (Å²) in [7, 11) is 0. The van der Waals surface area contributed by atoms with Crippen molar-refractivity contribution in [3.63, 3.8) is 0 Å². The van der Waals surface area contributed by atoms with Gasteiger partial charge in [0.2, 0.25) is 0 Å². The van der Waals surface area contributed by atoms with Crippen LogP contribution in [-0.2, 0) is 0 Å². The Bertz CT molecular complexity index is 920. The fourth-order valence-electron chi connectivity index (χ4n) is 15.1. The van der Waals surface area contributed by atoms with Crippen LogP contribution in [0.5, 0.6) is 0 Å². The predicted octanol–water partition coefficient (Wildman–Crippen LogP) is 13.9. The van der Waals surface area contributed by atoms with E-state index in [1.807, 2.05) is 0 Å². The highest BCUT2D eigenvalue weighted by Crippen LogP contribution is 2.89. The van der Waals surface area contributed by atoms with Crippen molar-refractivity contribution in [1.82, 2.24) is 0 Å². The summed E-state index contributed by atoms with van der Waals surface area (Å²) in [5.74, 6) is 12.8. The molecule has 6 aliphatic carbocycles. The zero-order valence-corrected chi connectivity index (χ0v) is 30.7. The molecule has 0 heteroatoms. The molecule has 0 aliphatic heterocycles. The van der Waals surface area contributed by atoms with E-state index in [0.717, 1.165) is 76.9 Å². The average molecular weight is 609 g/mol. The lowest BCUT2D eigenvalue weighted by Crippen LogP contribution is -2.40. The maximum absolute atomic E-state index is 2.75. The van der Waals surface area contributed by atoms with E-state index in [9.17, 15) is 0 Å². The Hall–Kier alpha value is 0. The highest BCUT2D eigenvalue weighted by molar-refractivity contribution is 5.30. The highest BCUT2D eigenvalue weighted by atomic mass is 14.9. The van der Waals surface area contributed by atoms with Crippen molar-refractivity contribution >= 4 is 0 Å². The van der Waals surface area contributed by atoms with Gasteiger partial charge in [-0.3, -0.25) is 0 Å². The molecule has 0 N–H and O–H groups in total. The highest BCUT2D eigenvalue weighted by Gasteiger charge is 2.82. The quantitative estimate of drug-likeness (QED) is 0.207. The minimum absolute atomic E-state index is 0. The van der Waals surface area contributed by atoms with Crippen LogP contribution < -0.4 is 0 Å². The number of hydrogen-bond acceptors (Lipinski definition) is 0. The van der Waals surface area contributed by atoms with Gasteiger partial charge in [-0.2, -0.15) is 0 Å². The van der Waals surface area contributed by atoms with Crippen molar-refractivity contribution in [3.05, 3.63) is 0 Å². The van der Waals surface area contributed by atoms with Crippen LogP contribution in [0.1, 0.15) is 185 Å². The molecule has 6 fully saturated rings. The minimum Gasteiger partial charge on any atom is -0.0776 e. The maximum atomic E-state index is 2.75. The van der Waals surface area contributed by atoms with Gasteiger partial charge in [-0.25, -0.2) is 0 Å². The largest absolute Gasteiger partial charge is 0.0776 e. The van der Waals surface area contributed by atoms with Crippen molar-refractivity contribution in [3.8, 4) is 0 Å². The summed E-state index contributed by atoms with van der Waals surface area (Å²) in [6, 6.07) is 0. The molecule has 0 radical (unpaired) electrons. The molecule has 0 bridgehead atoms. The molecule has 0 aromatic carbocycles. The molecular formula is C44H80. The number of rotatable bonds is 12. The molecule has 0 saturated heterocycles. The molecule has 0 aromatic rings. The van der Waals surface area contributed by atoms with Gasteiger partial charge in [0.05, 0.1) is 0 Å². The molecule has 256 valence electrons. The van der Waals surface area contributed by atoms with Gasteiger partial charge in [-0.15, -0.1) is 0 Å². The van der Waals surface area contributed by atoms with E-state index in [2.05, 4.69) is 62.3 Å². The van der Waals surface area contributed by atoms with Gasteiger partial charge >= 0.3 is 0 Å². The standard InChI is InChI=1S/C43H76.CH4/c1-28(2)22-32(7)38-24-40-41(8,9)39(26-43(40)27-42(38,43)25-29(3)4)31(6)19-18-30(5)35-21-20-34(23-33-14-10-11-15-33)36-16-12-13-17-37(35)36;/h28-40H,10-27H2,1-9H3;1H4. The molecular weight excluding hydrogens is 528 g/mol. The van der Waals surface area contributed by atoms with Gasteiger partial charge in [-0.05, 0) is 157 Å². The summed E-state index contributed by atoms with van der Waals surface area (Å²) in [5, 5.41) is 0. The summed E-state index contributed by atoms with van der Waals surface area (Å²) in [6.45, 7) is 23.6. The van der Waals surface area contributed by atoms with Crippen molar-refractivity contribution in [2.75, 3.05) is 0 Å². The van der Waals surface area contributed by atoms with Crippen LogP contribution in [0.25, 0.3) is 0 Å². The van der Waals surface area contributed by atoms with Crippen molar-refractivity contribution in [2.24, 2.45) is 93.2 Å². The zero-order chi connectivity index (χ0) is 30.7. The first-order valence-corrected chi connectivity index (χ1v) is 20.4. The summed E-state index contributed by atoms with van der Waals surface area (Å²) in [4.78, 5) is 0. The van der Waals surface area contributed by atoms with E-state index in [0.29, 0.717) is 16.2 Å². The van der Waals surface area contributed by atoms with Gasteiger partial charge < -0.3 is 0 Å². The van der Waals surface area contributed by atoms with Gasteiger partial charge in [0, 0.05) is 0 Å². The Morgan fingerprint density at radius 3 is 1.95 bits per heavy atom. The van der Waals surface area contributed by atoms with Crippen molar-refractivity contribution in [2.45, 2.75) is 185 Å². The monoisotopic (exact) mass is 609 g/mol. The third kappa shape index (κ3) is 6.17. The van der Waals surface area contributed by atoms with Gasteiger partial charge in [0.15, 0.2) is 0 Å². The topological polar surface area (TPSA) is 0 Å². The summed E-state index contributed by atoms with van der Waals surface area (Å²) in [6.07, 6.45) is 27.8. The Labute approximate surface area is 277 Å². The minimum atomic E-state index is 0. The van der Waals surface area contributed by atoms with Crippen LogP contribution >= 0.6 is 0 Å². The van der Waals surface area contributed by atoms with Crippen molar-refractivity contribution < 1.29 is 0 Å². The molecule has 6 saturated carbocycles. The fraction of sp³-hybridized carbons (Fsp3) is 1.00. The molecule has 44 heavy (non-hydrogen) atoms. The van der Waals surface area contributed by atoms with Crippen molar-refractivity contribution in [1.29, 1.82) is 0 Å². The molecule has 6 rings (SSSR count). The lowest BCUT2D eigenvalue weighted by Gasteiger charge is -2.49. The van der Waals surface area contributed by atoms with E-state index in [4.69, 9.17) is 0 Å².